The first-order chi connectivity index (χ1) is 9.99. The molecule has 7 nitrogen and oxygen atoms in total. The highest BCUT2D eigenvalue weighted by molar-refractivity contribution is 5.76. The molecule has 0 aromatic rings. The number of hydrogen-bond acceptors (Lipinski definition) is 4. The van der Waals surface area contributed by atoms with Gasteiger partial charge < -0.3 is 24.8 Å². The summed E-state index contributed by atoms with van der Waals surface area (Å²) in [4.78, 5) is 24.8. The molecule has 3 atom stereocenters. The van der Waals surface area contributed by atoms with Crippen molar-refractivity contribution in [3.8, 4) is 0 Å². The third-order valence-electron chi connectivity index (χ3n) is 3.45. The molecule has 0 aliphatic heterocycles. The lowest BCUT2D eigenvalue weighted by atomic mass is 10.1. The minimum atomic E-state index is -0.869. The van der Waals surface area contributed by atoms with Crippen LogP contribution in [-0.4, -0.2) is 68.1 Å². The molecule has 2 N–H and O–H groups in total. The van der Waals surface area contributed by atoms with Crippen LogP contribution in [-0.2, 0) is 14.3 Å². The molecule has 2 amide bonds. The Labute approximate surface area is 124 Å². The Morgan fingerprint density at radius 1 is 1.38 bits per heavy atom. The lowest BCUT2D eigenvalue weighted by Crippen LogP contribution is -2.50. The number of carboxylic acids is 1. The van der Waals surface area contributed by atoms with Crippen LogP contribution in [0.2, 0.25) is 0 Å². The molecule has 0 saturated heterocycles. The Hall–Kier alpha value is -1.60. The Bertz CT molecular complexity index is 386. The van der Waals surface area contributed by atoms with E-state index >= 15 is 0 Å². The van der Waals surface area contributed by atoms with E-state index in [4.69, 9.17) is 14.6 Å². The van der Waals surface area contributed by atoms with E-state index in [0.717, 1.165) is 0 Å². The van der Waals surface area contributed by atoms with E-state index in [0.29, 0.717) is 26.2 Å². The van der Waals surface area contributed by atoms with Gasteiger partial charge in [0.1, 0.15) is 0 Å². The lowest BCUT2D eigenvalue weighted by molar-refractivity contribution is -0.140. The molecule has 0 aromatic carbocycles. The van der Waals surface area contributed by atoms with Crippen molar-refractivity contribution in [1.29, 1.82) is 0 Å². The van der Waals surface area contributed by atoms with Gasteiger partial charge in [-0.25, -0.2) is 4.79 Å². The number of rotatable bonds is 8. The fraction of sp³-hybridized carbons (Fsp3) is 0.714. The maximum atomic E-state index is 12.3. The number of nitrogens with one attached hydrogen (secondary N) is 1. The summed E-state index contributed by atoms with van der Waals surface area (Å²) in [5.41, 5.74) is 0. The van der Waals surface area contributed by atoms with Crippen LogP contribution < -0.4 is 5.32 Å². The summed E-state index contributed by atoms with van der Waals surface area (Å²) in [5.74, 6) is -1.40. The predicted molar refractivity (Wildman–Crippen MR) is 77.1 cm³/mol. The summed E-state index contributed by atoms with van der Waals surface area (Å²) >= 11 is 0. The smallest absolute Gasteiger partial charge is 0.318 e. The number of methoxy groups -OCH3 is 2. The van der Waals surface area contributed by atoms with Gasteiger partial charge in [0, 0.05) is 20.8 Å². The SMILES string of the molecule is COCCN(C(=O)NC1C=CC(C(=O)O)C1)C(C)COC. The molecule has 1 aliphatic carbocycles. The number of carbonyl (C=O) groups is 2. The fourth-order valence-electron chi connectivity index (χ4n) is 2.27. The van der Waals surface area contributed by atoms with Crippen molar-refractivity contribution in [1.82, 2.24) is 10.2 Å². The monoisotopic (exact) mass is 300 g/mol. The summed E-state index contributed by atoms with van der Waals surface area (Å²) in [6.45, 7) is 3.20. The summed E-state index contributed by atoms with van der Waals surface area (Å²) in [5, 5.41) is 11.8. The van der Waals surface area contributed by atoms with E-state index in [1.54, 1.807) is 31.3 Å². The molecule has 3 unspecified atom stereocenters. The van der Waals surface area contributed by atoms with Crippen LogP contribution in [0, 0.1) is 5.92 Å². The number of nitrogens with zero attached hydrogens (tertiary/aromatic N) is 1. The topological polar surface area (TPSA) is 88.1 Å². The quantitative estimate of drug-likeness (QED) is 0.645. The molecule has 1 aliphatic rings. The highest BCUT2D eigenvalue weighted by Gasteiger charge is 2.28. The number of urea groups is 1. The Morgan fingerprint density at radius 3 is 2.62 bits per heavy atom. The molecule has 0 radical (unpaired) electrons. The molecule has 0 saturated carbocycles. The van der Waals surface area contributed by atoms with Crippen LogP contribution in [0.5, 0.6) is 0 Å². The normalized spacial score (nSPS) is 22.0. The maximum absolute atomic E-state index is 12.3. The van der Waals surface area contributed by atoms with E-state index in [-0.39, 0.29) is 18.1 Å². The van der Waals surface area contributed by atoms with E-state index in [1.165, 1.54) is 0 Å². The Balaban J connectivity index is 2.56. The highest BCUT2D eigenvalue weighted by Crippen LogP contribution is 2.18. The van der Waals surface area contributed by atoms with Gasteiger partial charge in [0.05, 0.1) is 31.2 Å². The molecular formula is C14H24N2O5. The number of ether oxygens (including phenoxy) is 2. The van der Waals surface area contributed by atoms with Crippen molar-refractivity contribution in [2.24, 2.45) is 5.92 Å². The van der Waals surface area contributed by atoms with E-state index in [1.807, 2.05) is 6.92 Å². The maximum Gasteiger partial charge on any atom is 0.318 e. The van der Waals surface area contributed by atoms with Crippen molar-refractivity contribution in [3.05, 3.63) is 12.2 Å². The first-order valence-electron chi connectivity index (χ1n) is 6.95. The van der Waals surface area contributed by atoms with Crippen molar-refractivity contribution in [2.75, 3.05) is 34.0 Å². The lowest BCUT2D eigenvalue weighted by Gasteiger charge is -2.30. The zero-order valence-electron chi connectivity index (χ0n) is 12.7. The van der Waals surface area contributed by atoms with Gasteiger partial charge in [-0.05, 0) is 13.3 Å². The average Bonchev–Trinajstić information content (AvgIpc) is 2.88. The molecule has 0 fully saturated rings. The van der Waals surface area contributed by atoms with Crippen LogP contribution in [0.1, 0.15) is 13.3 Å². The van der Waals surface area contributed by atoms with Gasteiger partial charge in [0.25, 0.3) is 0 Å². The second-order valence-corrected chi connectivity index (χ2v) is 5.11. The van der Waals surface area contributed by atoms with Gasteiger partial charge in [-0.1, -0.05) is 12.2 Å². The minimum absolute atomic E-state index is 0.0918. The van der Waals surface area contributed by atoms with Gasteiger partial charge in [-0.3, -0.25) is 4.79 Å². The van der Waals surface area contributed by atoms with E-state index in [9.17, 15) is 9.59 Å². The molecule has 21 heavy (non-hydrogen) atoms. The zero-order valence-corrected chi connectivity index (χ0v) is 12.7. The van der Waals surface area contributed by atoms with Gasteiger partial charge in [0.2, 0.25) is 0 Å². The van der Waals surface area contributed by atoms with Crippen molar-refractivity contribution in [2.45, 2.75) is 25.4 Å². The van der Waals surface area contributed by atoms with Gasteiger partial charge >= 0.3 is 12.0 Å². The van der Waals surface area contributed by atoms with E-state index < -0.39 is 11.9 Å². The fourth-order valence-corrected chi connectivity index (χ4v) is 2.27. The predicted octanol–water partition coefficient (Wildman–Crippen LogP) is 0.709. The summed E-state index contributed by atoms with van der Waals surface area (Å²) in [6.07, 6.45) is 3.73. The van der Waals surface area contributed by atoms with Crippen molar-refractivity contribution in [3.63, 3.8) is 0 Å². The number of amides is 2. The first-order valence-corrected chi connectivity index (χ1v) is 6.95. The number of aliphatic carboxylic acids is 1. The third kappa shape index (κ3) is 5.35. The van der Waals surface area contributed by atoms with Crippen LogP contribution in [0.3, 0.4) is 0 Å². The molecule has 0 aromatic heterocycles. The molecule has 120 valence electrons. The van der Waals surface area contributed by atoms with E-state index in [2.05, 4.69) is 5.32 Å². The zero-order chi connectivity index (χ0) is 15.8. The number of hydrogen-bond donors (Lipinski definition) is 2. The molecule has 0 bridgehead atoms. The third-order valence-corrected chi connectivity index (χ3v) is 3.45. The Morgan fingerprint density at radius 2 is 2.10 bits per heavy atom. The average molecular weight is 300 g/mol. The Kier molecular flexibility index (Phi) is 7.18. The number of carbonyl (C=O) groups excluding carboxylic acids is 1. The largest absolute Gasteiger partial charge is 0.481 e. The summed E-state index contributed by atoms with van der Waals surface area (Å²) in [7, 11) is 3.16. The highest BCUT2D eigenvalue weighted by atomic mass is 16.5. The molecular weight excluding hydrogens is 276 g/mol. The molecule has 7 heteroatoms. The van der Waals surface area contributed by atoms with Crippen LogP contribution in [0.15, 0.2) is 12.2 Å². The second-order valence-electron chi connectivity index (χ2n) is 5.11. The van der Waals surface area contributed by atoms with Gasteiger partial charge in [0.15, 0.2) is 0 Å². The van der Waals surface area contributed by atoms with Crippen molar-refractivity contribution < 1.29 is 24.2 Å². The second kappa shape index (κ2) is 8.63. The van der Waals surface area contributed by atoms with Crippen LogP contribution in [0.25, 0.3) is 0 Å². The van der Waals surface area contributed by atoms with Crippen molar-refractivity contribution >= 4 is 12.0 Å². The van der Waals surface area contributed by atoms with Crippen LogP contribution in [0.4, 0.5) is 4.79 Å². The van der Waals surface area contributed by atoms with Crippen LogP contribution >= 0.6 is 0 Å². The van der Waals surface area contributed by atoms with Gasteiger partial charge in [-0.15, -0.1) is 0 Å². The standard InChI is InChI=1S/C14H24N2O5/c1-10(9-21-3)16(6-7-20-2)14(19)15-12-5-4-11(8-12)13(17)18/h4-5,10-12H,6-9H2,1-3H3,(H,15,19)(H,17,18). The molecule has 1 rings (SSSR count). The first kappa shape index (κ1) is 17.5. The van der Waals surface area contributed by atoms with Gasteiger partial charge in [-0.2, -0.15) is 0 Å². The molecule has 0 heterocycles. The molecule has 0 spiro atoms. The summed E-state index contributed by atoms with van der Waals surface area (Å²) < 4.78 is 10.1. The minimum Gasteiger partial charge on any atom is -0.481 e. The summed E-state index contributed by atoms with van der Waals surface area (Å²) in [6, 6.07) is -0.582. The number of carboxylic acid groups (broad SMARTS) is 1.